The van der Waals surface area contributed by atoms with Gasteiger partial charge in [0.1, 0.15) is 5.00 Å². The van der Waals surface area contributed by atoms with Gasteiger partial charge < -0.3 is 15.0 Å². The molecule has 1 amide bonds. The third kappa shape index (κ3) is 4.78. The molecule has 10 heteroatoms. The van der Waals surface area contributed by atoms with Gasteiger partial charge in [-0.3, -0.25) is 4.79 Å². The Morgan fingerprint density at radius 3 is 2.67 bits per heavy atom. The fraction of sp³-hybridized carbons (Fsp3) is 0.706. The number of aromatic nitrogens is 1. The second-order valence-electron chi connectivity index (χ2n) is 6.93. The maximum atomic E-state index is 12.8. The van der Waals surface area contributed by atoms with Gasteiger partial charge in [-0.1, -0.05) is 12.8 Å². The van der Waals surface area contributed by atoms with Gasteiger partial charge >= 0.3 is 5.97 Å². The summed E-state index contributed by atoms with van der Waals surface area (Å²) in [7, 11) is -3.10. The number of carbonyl (C=O) groups excluding carboxylic acids is 2. The Bertz CT molecular complexity index is 786. The summed E-state index contributed by atoms with van der Waals surface area (Å²) in [5.41, 5.74) is 1.72. The van der Waals surface area contributed by atoms with Crippen molar-refractivity contribution in [2.24, 2.45) is 0 Å². The molecule has 1 aromatic rings. The summed E-state index contributed by atoms with van der Waals surface area (Å²) in [6.07, 6.45) is 4.24. The van der Waals surface area contributed by atoms with Gasteiger partial charge in [0.2, 0.25) is 0 Å². The maximum Gasteiger partial charge on any atom is 0.360 e. The van der Waals surface area contributed by atoms with E-state index in [0.29, 0.717) is 18.0 Å². The first kappa shape index (κ1) is 20.1. The molecule has 1 aliphatic heterocycles. The van der Waals surface area contributed by atoms with E-state index in [1.807, 2.05) is 6.92 Å². The number of nitrogens with zero attached hydrogens (tertiary/aromatic N) is 2. The summed E-state index contributed by atoms with van der Waals surface area (Å²) in [5.74, 6) is -0.859. The minimum atomic E-state index is -3.10. The second kappa shape index (κ2) is 8.55. The minimum absolute atomic E-state index is 0.000158. The minimum Gasteiger partial charge on any atom is -0.451 e. The summed E-state index contributed by atoms with van der Waals surface area (Å²) in [6, 6.07) is -0.285. The van der Waals surface area contributed by atoms with E-state index in [4.69, 9.17) is 4.74 Å². The average Bonchev–Trinajstić information content (AvgIpc) is 3.35. The third-order valence-electron chi connectivity index (χ3n) is 5.03. The number of thiazole rings is 1. The molecule has 0 bridgehead atoms. The first-order valence-electron chi connectivity index (χ1n) is 9.27. The van der Waals surface area contributed by atoms with Crippen molar-refractivity contribution in [3.63, 3.8) is 0 Å². The number of carbonyl (C=O) groups is 2. The maximum absolute atomic E-state index is 12.8. The van der Waals surface area contributed by atoms with Gasteiger partial charge in [0, 0.05) is 18.6 Å². The van der Waals surface area contributed by atoms with Crippen molar-refractivity contribution in [1.82, 2.24) is 9.88 Å². The third-order valence-corrected chi connectivity index (χ3v) is 7.57. The van der Waals surface area contributed by atoms with Crippen molar-refractivity contribution in [2.75, 3.05) is 30.0 Å². The van der Waals surface area contributed by atoms with Gasteiger partial charge in [-0.2, -0.15) is 0 Å². The highest BCUT2D eigenvalue weighted by atomic mass is 32.2. The highest BCUT2D eigenvalue weighted by molar-refractivity contribution is 7.91. The number of amides is 1. The fourth-order valence-corrected chi connectivity index (χ4v) is 6.28. The Hall–Kier alpha value is -1.68. The molecule has 1 saturated heterocycles. The van der Waals surface area contributed by atoms with Crippen LogP contribution in [-0.4, -0.2) is 66.9 Å². The van der Waals surface area contributed by atoms with E-state index in [0.717, 1.165) is 25.7 Å². The van der Waals surface area contributed by atoms with Crippen LogP contribution in [0.15, 0.2) is 5.51 Å². The Balaban J connectivity index is 1.65. The summed E-state index contributed by atoms with van der Waals surface area (Å²) in [5, 5.41) is 3.65. The molecule has 1 aliphatic carbocycles. The van der Waals surface area contributed by atoms with Crippen molar-refractivity contribution in [1.29, 1.82) is 0 Å². The Labute approximate surface area is 163 Å². The van der Waals surface area contributed by atoms with Crippen molar-refractivity contribution in [3.8, 4) is 0 Å². The second-order valence-corrected chi connectivity index (χ2v) is 10.0. The molecule has 0 aromatic carbocycles. The quantitative estimate of drug-likeness (QED) is 0.676. The van der Waals surface area contributed by atoms with E-state index in [-0.39, 0.29) is 35.2 Å². The lowest BCUT2D eigenvalue weighted by Crippen LogP contribution is -2.48. The average molecular weight is 416 g/mol. The predicted octanol–water partition coefficient (Wildman–Crippen LogP) is 1.69. The van der Waals surface area contributed by atoms with Crippen LogP contribution in [0.3, 0.4) is 0 Å². The first-order chi connectivity index (χ1) is 12.9. The fourth-order valence-electron chi connectivity index (χ4n) is 3.83. The molecule has 0 radical (unpaired) electrons. The van der Waals surface area contributed by atoms with Crippen LogP contribution in [-0.2, 0) is 19.4 Å². The van der Waals surface area contributed by atoms with E-state index in [9.17, 15) is 18.0 Å². The first-order valence-corrected chi connectivity index (χ1v) is 12.0. The highest BCUT2D eigenvalue weighted by Crippen LogP contribution is 2.29. The number of sulfone groups is 1. The zero-order chi connectivity index (χ0) is 19.4. The smallest absolute Gasteiger partial charge is 0.360 e. The molecule has 2 fully saturated rings. The van der Waals surface area contributed by atoms with Gasteiger partial charge in [0.25, 0.3) is 5.91 Å². The van der Waals surface area contributed by atoms with Crippen LogP contribution in [0.1, 0.15) is 49.5 Å². The number of nitrogens with one attached hydrogen (secondary N) is 1. The number of hydrogen-bond acceptors (Lipinski definition) is 8. The number of hydrogen-bond donors (Lipinski definition) is 1. The van der Waals surface area contributed by atoms with Crippen molar-refractivity contribution in [3.05, 3.63) is 11.2 Å². The van der Waals surface area contributed by atoms with E-state index < -0.39 is 22.4 Å². The summed E-state index contributed by atoms with van der Waals surface area (Å²) >= 11 is 1.30. The topological polar surface area (TPSA) is 106 Å². The molecular formula is C17H25N3O5S2. The summed E-state index contributed by atoms with van der Waals surface area (Å²) in [6.45, 7) is 2.16. The predicted molar refractivity (Wildman–Crippen MR) is 103 cm³/mol. The van der Waals surface area contributed by atoms with Crippen LogP contribution < -0.4 is 5.32 Å². The zero-order valence-corrected chi connectivity index (χ0v) is 17.0. The van der Waals surface area contributed by atoms with Crippen LogP contribution in [0.25, 0.3) is 0 Å². The summed E-state index contributed by atoms with van der Waals surface area (Å²) < 4.78 is 28.9. The zero-order valence-electron chi connectivity index (χ0n) is 15.3. The molecule has 2 heterocycles. The van der Waals surface area contributed by atoms with Crippen molar-refractivity contribution < 1.29 is 22.7 Å². The van der Waals surface area contributed by atoms with Crippen LogP contribution in [0, 0.1) is 0 Å². The molecule has 27 heavy (non-hydrogen) atoms. The lowest BCUT2D eigenvalue weighted by atomic mass is 10.1. The van der Waals surface area contributed by atoms with E-state index in [1.54, 1.807) is 10.4 Å². The van der Waals surface area contributed by atoms with Crippen LogP contribution in [0.2, 0.25) is 0 Å². The van der Waals surface area contributed by atoms with Gasteiger partial charge in [-0.15, -0.1) is 11.3 Å². The van der Waals surface area contributed by atoms with Gasteiger partial charge in [0.05, 0.1) is 17.0 Å². The molecule has 1 aromatic heterocycles. The van der Waals surface area contributed by atoms with E-state index in [1.165, 1.54) is 11.3 Å². The summed E-state index contributed by atoms with van der Waals surface area (Å²) in [4.78, 5) is 30.8. The molecule has 8 nitrogen and oxygen atoms in total. The van der Waals surface area contributed by atoms with Gasteiger partial charge in [-0.25, -0.2) is 18.2 Å². The van der Waals surface area contributed by atoms with Crippen molar-refractivity contribution in [2.45, 2.75) is 51.1 Å². The molecular weight excluding hydrogens is 390 g/mol. The molecule has 1 N–H and O–H groups in total. The van der Waals surface area contributed by atoms with Crippen LogP contribution >= 0.6 is 11.3 Å². The molecule has 1 saturated carbocycles. The lowest BCUT2D eigenvalue weighted by Gasteiger charge is -2.33. The van der Waals surface area contributed by atoms with E-state index >= 15 is 0 Å². The molecule has 1 atom stereocenters. The number of esters is 1. The Morgan fingerprint density at radius 1 is 1.30 bits per heavy atom. The van der Waals surface area contributed by atoms with E-state index in [2.05, 4.69) is 10.3 Å². The molecule has 0 unspecified atom stereocenters. The van der Waals surface area contributed by atoms with Crippen LogP contribution in [0.4, 0.5) is 5.00 Å². The number of ether oxygens (including phenoxy) is 1. The van der Waals surface area contributed by atoms with Crippen molar-refractivity contribution >= 4 is 38.1 Å². The Morgan fingerprint density at radius 2 is 2.04 bits per heavy atom. The highest BCUT2D eigenvalue weighted by Gasteiger charge is 2.39. The molecule has 0 spiro atoms. The molecule has 3 rings (SSSR count). The largest absolute Gasteiger partial charge is 0.451 e. The monoisotopic (exact) mass is 415 g/mol. The molecule has 150 valence electrons. The standard InChI is InChI=1S/C17H25N3O5S2/c1-2-18-16-15(19-11-26-16)17(22)25-9-14(21)20(12-5-3-4-6-12)13-7-8-27(23,24)10-13/h11-13,18H,2-10H2,1H3/t13-/m0/s1. The number of anilines is 1. The Kier molecular flexibility index (Phi) is 6.36. The number of rotatable bonds is 7. The van der Waals surface area contributed by atoms with Gasteiger partial charge in [-0.05, 0) is 26.2 Å². The van der Waals surface area contributed by atoms with Crippen LogP contribution in [0.5, 0.6) is 0 Å². The SMILES string of the molecule is CCNc1scnc1C(=O)OCC(=O)N(C1CCCC1)[C@H]1CCS(=O)(=O)C1. The van der Waals surface area contributed by atoms with Gasteiger partial charge in [0.15, 0.2) is 22.1 Å². The molecule has 2 aliphatic rings. The lowest BCUT2D eigenvalue weighted by molar-refractivity contribution is -0.139. The normalized spacial score (nSPS) is 21.9.